The lowest BCUT2D eigenvalue weighted by atomic mass is 10.2. The lowest BCUT2D eigenvalue weighted by molar-refractivity contribution is 0.0441. The van der Waals surface area contributed by atoms with Crippen LogP contribution in [0, 0.1) is 11.3 Å². The third-order valence-corrected chi connectivity index (χ3v) is 3.53. The van der Waals surface area contributed by atoms with Gasteiger partial charge in [0.05, 0.1) is 24.3 Å². The number of hydrogen-bond donors (Lipinski definition) is 1. The maximum atomic E-state index is 8.79. The number of thioether (sulfide) groups is 1. The zero-order valence-electron chi connectivity index (χ0n) is 8.98. The van der Waals surface area contributed by atoms with Crippen LogP contribution in [0.2, 0.25) is 0 Å². The molecule has 0 saturated carbocycles. The maximum Gasteiger partial charge on any atom is 0.0992 e. The summed E-state index contributed by atoms with van der Waals surface area (Å²) in [5.41, 5.74) is 0.715. The molecule has 16 heavy (non-hydrogen) atoms. The van der Waals surface area contributed by atoms with Gasteiger partial charge in [0.1, 0.15) is 0 Å². The molecule has 0 bridgehead atoms. The fraction of sp³-hybridized carbons (Fsp3) is 0.417. The summed E-state index contributed by atoms with van der Waals surface area (Å²) in [6, 6.07) is 9.84. The normalized spacial score (nSPS) is 20.3. The molecule has 1 fully saturated rings. The Morgan fingerprint density at radius 3 is 3.25 bits per heavy atom. The number of rotatable bonds is 3. The Hall–Kier alpha value is -1.02. The van der Waals surface area contributed by atoms with Gasteiger partial charge in [0.2, 0.25) is 0 Å². The second-order valence-electron chi connectivity index (χ2n) is 3.65. The van der Waals surface area contributed by atoms with Gasteiger partial charge < -0.3 is 10.1 Å². The van der Waals surface area contributed by atoms with Crippen LogP contribution in [0.1, 0.15) is 5.56 Å². The van der Waals surface area contributed by atoms with E-state index in [0.717, 1.165) is 30.3 Å². The summed E-state index contributed by atoms with van der Waals surface area (Å²) >= 11 is 1.74. The van der Waals surface area contributed by atoms with Crippen LogP contribution in [0.25, 0.3) is 0 Å². The first-order valence-electron chi connectivity index (χ1n) is 5.34. The molecular formula is C12H14N2OS. The number of nitrogens with one attached hydrogen (secondary N) is 1. The molecule has 1 N–H and O–H groups in total. The molecule has 0 spiro atoms. The minimum absolute atomic E-state index is 0.282. The van der Waals surface area contributed by atoms with Gasteiger partial charge in [0, 0.05) is 23.7 Å². The van der Waals surface area contributed by atoms with Crippen molar-refractivity contribution in [2.24, 2.45) is 0 Å². The van der Waals surface area contributed by atoms with Crippen molar-refractivity contribution < 1.29 is 4.74 Å². The molecule has 0 aromatic heterocycles. The van der Waals surface area contributed by atoms with Gasteiger partial charge in [-0.15, -0.1) is 11.8 Å². The Labute approximate surface area is 99.8 Å². The molecule has 1 atom stereocenters. The number of hydrogen-bond acceptors (Lipinski definition) is 4. The molecule has 0 amide bonds. The standard InChI is InChI=1S/C12H14N2OS/c13-7-10-2-1-3-12(6-10)16-9-11-8-14-4-5-15-11/h1-3,6,11,14H,4-5,8-9H2. The first-order valence-corrected chi connectivity index (χ1v) is 6.32. The molecule has 1 aromatic carbocycles. The van der Waals surface area contributed by atoms with Crippen molar-refractivity contribution in [2.45, 2.75) is 11.0 Å². The van der Waals surface area contributed by atoms with Gasteiger partial charge in [-0.2, -0.15) is 5.26 Å². The summed E-state index contributed by atoms with van der Waals surface area (Å²) in [5.74, 6) is 0.932. The minimum Gasteiger partial charge on any atom is -0.375 e. The van der Waals surface area contributed by atoms with Crippen molar-refractivity contribution in [2.75, 3.05) is 25.4 Å². The van der Waals surface area contributed by atoms with E-state index in [4.69, 9.17) is 10.00 Å². The highest BCUT2D eigenvalue weighted by Crippen LogP contribution is 2.20. The predicted molar refractivity (Wildman–Crippen MR) is 64.5 cm³/mol. The van der Waals surface area contributed by atoms with Crippen LogP contribution in [0.4, 0.5) is 0 Å². The third-order valence-electron chi connectivity index (χ3n) is 2.40. The van der Waals surface area contributed by atoms with Gasteiger partial charge in [-0.25, -0.2) is 0 Å². The molecule has 1 aliphatic heterocycles. The molecule has 1 aliphatic rings. The Morgan fingerprint density at radius 1 is 1.56 bits per heavy atom. The summed E-state index contributed by atoms with van der Waals surface area (Å²) in [6.07, 6.45) is 0.282. The van der Waals surface area contributed by atoms with Gasteiger partial charge in [-0.05, 0) is 18.2 Å². The zero-order chi connectivity index (χ0) is 11.2. The van der Waals surface area contributed by atoms with E-state index in [2.05, 4.69) is 11.4 Å². The van der Waals surface area contributed by atoms with Crippen molar-refractivity contribution in [1.82, 2.24) is 5.32 Å². The van der Waals surface area contributed by atoms with E-state index in [1.807, 2.05) is 24.3 Å². The molecule has 1 heterocycles. The van der Waals surface area contributed by atoms with Crippen LogP contribution in [-0.4, -0.2) is 31.6 Å². The molecule has 0 aliphatic carbocycles. The first-order chi connectivity index (χ1) is 7.88. The Morgan fingerprint density at radius 2 is 2.50 bits per heavy atom. The van der Waals surface area contributed by atoms with Gasteiger partial charge in [-0.1, -0.05) is 6.07 Å². The number of morpholine rings is 1. The van der Waals surface area contributed by atoms with Gasteiger partial charge >= 0.3 is 0 Å². The molecule has 2 rings (SSSR count). The molecule has 1 saturated heterocycles. The van der Waals surface area contributed by atoms with E-state index >= 15 is 0 Å². The van der Waals surface area contributed by atoms with Crippen LogP contribution in [0.15, 0.2) is 29.2 Å². The summed E-state index contributed by atoms with van der Waals surface area (Å²) in [7, 11) is 0. The van der Waals surface area contributed by atoms with Gasteiger partial charge in [-0.3, -0.25) is 0 Å². The molecular weight excluding hydrogens is 220 g/mol. The second-order valence-corrected chi connectivity index (χ2v) is 4.74. The van der Waals surface area contributed by atoms with Crippen LogP contribution < -0.4 is 5.32 Å². The molecule has 3 nitrogen and oxygen atoms in total. The topological polar surface area (TPSA) is 45.0 Å². The summed E-state index contributed by atoms with van der Waals surface area (Å²) in [4.78, 5) is 1.13. The number of nitriles is 1. The van der Waals surface area contributed by atoms with Crippen molar-refractivity contribution in [3.05, 3.63) is 29.8 Å². The van der Waals surface area contributed by atoms with E-state index in [9.17, 15) is 0 Å². The quantitative estimate of drug-likeness (QED) is 0.808. The molecule has 4 heteroatoms. The number of benzene rings is 1. The lowest BCUT2D eigenvalue weighted by Crippen LogP contribution is -2.39. The zero-order valence-corrected chi connectivity index (χ0v) is 9.80. The monoisotopic (exact) mass is 234 g/mol. The second kappa shape index (κ2) is 5.90. The lowest BCUT2D eigenvalue weighted by Gasteiger charge is -2.23. The summed E-state index contributed by atoms with van der Waals surface area (Å²) < 4.78 is 5.61. The van der Waals surface area contributed by atoms with Crippen molar-refractivity contribution in [3.63, 3.8) is 0 Å². The maximum absolute atomic E-state index is 8.79. The average Bonchev–Trinajstić information content (AvgIpc) is 2.38. The highest BCUT2D eigenvalue weighted by atomic mass is 32.2. The van der Waals surface area contributed by atoms with Gasteiger partial charge in [0.25, 0.3) is 0 Å². The fourth-order valence-corrected chi connectivity index (χ4v) is 2.55. The minimum atomic E-state index is 0.282. The highest BCUT2D eigenvalue weighted by Gasteiger charge is 2.13. The summed E-state index contributed by atoms with van der Waals surface area (Å²) in [5, 5.41) is 12.1. The van der Waals surface area contributed by atoms with E-state index in [1.165, 1.54) is 0 Å². The van der Waals surface area contributed by atoms with Crippen LogP contribution >= 0.6 is 11.8 Å². The molecule has 1 aromatic rings. The highest BCUT2D eigenvalue weighted by molar-refractivity contribution is 7.99. The van der Waals surface area contributed by atoms with Crippen molar-refractivity contribution >= 4 is 11.8 Å². The summed E-state index contributed by atoms with van der Waals surface area (Å²) in [6.45, 7) is 2.67. The molecule has 1 unspecified atom stereocenters. The smallest absolute Gasteiger partial charge is 0.0992 e. The van der Waals surface area contributed by atoms with E-state index < -0.39 is 0 Å². The van der Waals surface area contributed by atoms with Crippen LogP contribution in [-0.2, 0) is 4.74 Å². The largest absolute Gasteiger partial charge is 0.375 e. The SMILES string of the molecule is N#Cc1cccc(SCC2CNCCO2)c1. The first kappa shape index (κ1) is 11.5. The Balaban J connectivity index is 1.86. The average molecular weight is 234 g/mol. The van der Waals surface area contributed by atoms with Gasteiger partial charge in [0.15, 0.2) is 0 Å². The third kappa shape index (κ3) is 3.24. The van der Waals surface area contributed by atoms with Crippen LogP contribution in [0.5, 0.6) is 0 Å². The Kier molecular flexibility index (Phi) is 4.23. The molecule has 0 radical (unpaired) electrons. The van der Waals surface area contributed by atoms with Crippen molar-refractivity contribution in [1.29, 1.82) is 5.26 Å². The number of ether oxygens (including phenoxy) is 1. The fourth-order valence-electron chi connectivity index (χ4n) is 1.57. The predicted octanol–water partition coefficient (Wildman–Crippen LogP) is 1.64. The number of nitrogens with zero attached hydrogens (tertiary/aromatic N) is 1. The van der Waals surface area contributed by atoms with Crippen molar-refractivity contribution in [3.8, 4) is 6.07 Å². The van der Waals surface area contributed by atoms with E-state index in [1.54, 1.807) is 11.8 Å². The van der Waals surface area contributed by atoms with E-state index in [0.29, 0.717) is 5.56 Å². The molecule has 84 valence electrons. The van der Waals surface area contributed by atoms with E-state index in [-0.39, 0.29) is 6.10 Å². The Bertz CT molecular complexity index is 383. The van der Waals surface area contributed by atoms with Crippen LogP contribution in [0.3, 0.4) is 0 Å².